The Hall–Kier alpha value is -8.72. The van der Waals surface area contributed by atoms with Crippen molar-refractivity contribution >= 4 is 49.8 Å². The number of hydrogen-bond donors (Lipinski definition) is 0. The molecule has 330 valence electrons. The van der Waals surface area contributed by atoms with Crippen molar-refractivity contribution in [2.75, 3.05) is 4.90 Å². The van der Waals surface area contributed by atoms with E-state index in [1.165, 1.54) is 66.8 Å². The van der Waals surface area contributed by atoms with E-state index in [0.29, 0.717) is 0 Å². The smallest absolute Gasteiger partial charge is 0.160 e. The van der Waals surface area contributed by atoms with E-state index in [0.717, 1.165) is 60.9 Å². The third-order valence-electron chi connectivity index (χ3n) is 15.6. The molecule has 0 radical (unpaired) electrons. The summed E-state index contributed by atoms with van der Waals surface area (Å²) in [6, 6.07) is 91.8. The van der Waals surface area contributed by atoms with Gasteiger partial charge in [-0.2, -0.15) is 0 Å². The van der Waals surface area contributed by atoms with E-state index in [-0.39, 0.29) is 5.41 Å². The van der Waals surface area contributed by atoms with Crippen molar-refractivity contribution in [2.45, 2.75) is 24.7 Å². The molecule has 14 rings (SSSR count). The maximum absolute atomic E-state index is 7.44. The predicted octanol–water partition coefficient (Wildman–Crippen LogP) is 18.2. The summed E-state index contributed by atoms with van der Waals surface area (Å²) in [5.74, 6) is 0. The number of nitrogens with zero attached hydrogens (tertiary/aromatic N) is 1. The third-order valence-corrected chi connectivity index (χ3v) is 15.6. The molecule has 0 atom stereocenters. The van der Waals surface area contributed by atoms with Crippen LogP contribution in [0.3, 0.4) is 0 Å². The van der Waals surface area contributed by atoms with E-state index in [9.17, 15) is 0 Å². The fraction of sp³-hybridized carbons (Fsp3) is 0.0588. The van der Waals surface area contributed by atoms with E-state index < -0.39 is 5.41 Å². The zero-order valence-electron chi connectivity index (χ0n) is 39.0. The first-order chi connectivity index (χ1) is 34.5. The lowest BCUT2D eigenvalue weighted by Gasteiger charge is -2.35. The standard InChI is InChI=1S/C68H47NO/c1-67(2)60-28-16-14-26-54(60)56-38-35-50(42-62(56)67)69(51-36-39-57-55-27-15-17-29-61(55)68(63(57)43-51,48-21-8-4-9-22-48)49-23-10-5-11-24-49)64-52(47-32-30-45(31-33-47)44-18-6-3-7-19-44)40-41-59-58-37-34-46-20-12-13-25-53(46)65(58)70-66(59)64/h3-43H,1-2H3. The molecule has 0 N–H and O–H groups in total. The van der Waals surface area contributed by atoms with Crippen LogP contribution in [0.2, 0.25) is 0 Å². The van der Waals surface area contributed by atoms with E-state index in [1.807, 2.05) is 0 Å². The van der Waals surface area contributed by atoms with Gasteiger partial charge >= 0.3 is 0 Å². The van der Waals surface area contributed by atoms with Crippen LogP contribution in [0.25, 0.3) is 77.2 Å². The quantitative estimate of drug-likeness (QED) is 0.158. The second kappa shape index (κ2) is 15.4. The summed E-state index contributed by atoms with van der Waals surface area (Å²) in [6.07, 6.45) is 0. The normalized spacial score (nSPS) is 13.8. The van der Waals surface area contributed by atoms with Gasteiger partial charge in [0.05, 0.1) is 11.1 Å². The van der Waals surface area contributed by atoms with Crippen molar-refractivity contribution in [3.63, 3.8) is 0 Å². The summed E-state index contributed by atoms with van der Waals surface area (Å²) in [5, 5.41) is 4.44. The Morgan fingerprint density at radius 3 is 1.51 bits per heavy atom. The molecule has 0 bridgehead atoms. The highest BCUT2D eigenvalue weighted by Gasteiger charge is 2.46. The summed E-state index contributed by atoms with van der Waals surface area (Å²) in [7, 11) is 0. The highest BCUT2D eigenvalue weighted by atomic mass is 16.3. The predicted molar refractivity (Wildman–Crippen MR) is 292 cm³/mol. The van der Waals surface area contributed by atoms with Gasteiger partial charge in [-0.1, -0.05) is 226 Å². The minimum absolute atomic E-state index is 0.219. The zero-order chi connectivity index (χ0) is 46.6. The number of anilines is 3. The molecule has 2 aliphatic carbocycles. The van der Waals surface area contributed by atoms with Crippen molar-refractivity contribution < 1.29 is 4.42 Å². The van der Waals surface area contributed by atoms with Gasteiger partial charge in [0, 0.05) is 38.5 Å². The zero-order valence-corrected chi connectivity index (χ0v) is 39.0. The highest BCUT2D eigenvalue weighted by molar-refractivity contribution is 6.19. The topological polar surface area (TPSA) is 16.4 Å². The van der Waals surface area contributed by atoms with Crippen molar-refractivity contribution in [3.05, 3.63) is 282 Å². The molecule has 1 heterocycles. The largest absolute Gasteiger partial charge is 0.453 e. The van der Waals surface area contributed by atoms with Gasteiger partial charge in [0.2, 0.25) is 0 Å². The fourth-order valence-corrected chi connectivity index (χ4v) is 12.3. The Morgan fingerprint density at radius 1 is 0.329 bits per heavy atom. The molecule has 2 nitrogen and oxygen atoms in total. The van der Waals surface area contributed by atoms with Gasteiger partial charge in [-0.25, -0.2) is 0 Å². The van der Waals surface area contributed by atoms with E-state index in [2.05, 4.69) is 267 Å². The number of benzene rings is 11. The van der Waals surface area contributed by atoms with Gasteiger partial charge in [0.15, 0.2) is 5.58 Å². The highest BCUT2D eigenvalue weighted by Crippen LogP contribution is 2.59. The number of fused-ring (bicyclic) bond motifs is 11. The molecule has 0 saturated carbocycles. The molecule has 1 aromatic heterocycles. The molecule has 0 aliphatic heterocycles. The Bertz CT molecular complexity index is 3970. The summed E-state index contributed by atoms with van der Waals surface area (Å²) in [5.41, 5.74) is 21.4. The average molecular weight is 894 g/mol. The second-order valence-corrected chi connectivity index (χ2v) is 19.5. The molecular weight excluding hydrogens is 847 g/mol. The van der Waals surface area contributed by atoms with Crippen LogP contribution in [0.1, 0.15) is 47.2 Å². The maximum atomic E-state index is 7.44. The van der Waals surface area contributed by atoms with Crippen molar-refractivity contribution in [1.29, 1.82) is 0 Å². The van der Waals surface area contributed by atoms with Crippen molar-refractivity contribution in [3.8, 4) is 44.5 Å². The van der Waals surface area contributed by atoms with Crippen LogP contribution in [0.4, 0.5) is 17.1 Å². The summed E-state index contributed by atoms with van der Waals surface area (Å²) in [4.78, 5) is 2.51. The molecule has 2 aliphatic rings. The summed E-state index contributed by atoms with van der Waals surface area (Å²) < 4.78 is 7.44. The van der Waals surface area contributed by atoms with Gasteiger partial charge in [0.1, 0.15) is 5.58 Å². The van der Waals surface area contributed by atoms with Gasteiger partial charge < -0.3 is 9.32 Å². The minimum atomic E-state index is -0.585. The number of hydrogen-bond acceptors (Lipinski definition) is 2. The van der Waals surface area contributed by atoms with Gasteiger partial charge in [-0.05, 0) is 114 Å². The van der Waals surface area contributed by atoms with Crippen LogP contribution in [-0.2, 0) is 10.8 Å². The first-order valence-corrected chi connectivity index (χ1v) is 24.4. The molecule has 12 aromatic rings. The molecular formula is C68H47NO. The van der Waals surface area contributed by atoms with Crippen LogP contribution in [0.5, 0.6) is 0 Å². The summed E-state index contributed by atoms with van der Waals surface area (Å²) in [6.45, 7) is 4.74. The van der Waals surface area contributed by atoms with Crippen LogP contribution in [0, 0.1) is 0 Å². The molecule has 70 heavy (non-hydrogen) atoms. The Labute approximate surface area is 408 Å². The fourth-order valence-electron chi connectivity index (χ4n) is 12.3. The SMILES string of the molecule is CC1(C)c2ccccc2-c2ccc(N(c3ccc4c(c3)C(c3ccccc3)(c3ccccc3)c3ccccc3-4)c3c(-c4ccc(-c5ccccc5)cc4)ccc4c3oc3c5ccccc5ccc43)cc21. The minimum Gasteiger partial charge on any atom is -0.453 e. The molecule has 0 saturated heterocycles. The number of rotatable bonds is 7. The lowest BCUT2D eigenvalue weighted by molar-refractivity contribution is 0.660. The first-order valence-electron chi connectivity index (χ1n) is 24.4. The van der Waals surface area contributed by atoms with Crippen molar-refractivity contribution in [2.24, 2.45) is 0 Å². The average Bonchev–Trinajstić information content (AvgIpc) is 4.03. The lowest BCUT2D eigenvalue weighted by atomic mass is 9.67. The van der Waals surface area contributed by atoms with E-state index >= 15 is 0 Å². The first kappa shape index (κ1) is 40.4. The molecule has 0 fully saturated rings. The number of furan rings is 1. The second-order valence-electron chi connectivity index (χ2n) is 19.5. The molecule has 0 spiro atoms. The summed E-state index contributed by atoms with van der Waals surface area (Å²) >= 11 is 0. The van der Waals surface area contributed by atoms with Crippen LogP contribution >= 0.6 is 0 Å². The van der Waals surface area contributed by atoms with Crippen molar-refractivity contribution in [1.82, 2.24) is 0 Å². The Kier molecular flexibility index (Phi) is 8.88. The molecule has 0 amide bonds. The van der Waals surface area contributed by atoms with Crippen LogP contribution < -0.4 is 4.90 Å². The van der Waals surface area contributed by atoms with Gasteiger partial charge in [-0.15, -0.1) is 0 Å². The lowest BCUT2D eigenvalue weighted by Crippen LogP contribution is -2.28. The van der Waals surface area contributed by atoms with Crippen LogP contribution in [0.15, 0.2) is 253 Å². The molecule has 2 heteroatoms. The van der Waals surface area contributed by atoms with E-state index in [1.54, 1.807) is 0 Å². The Balaban J connectivity index is 1.10. The molecule has 11 aromatic carbocycles. The maximum Gasteiger partial charge on any atom is 0.160 e. The van der Waals surface area contributed by atoms with E-state index in [4.69, 9.17) is 4.42 Å². The Morgan fingerprint density at radius 2 is 0.814 bits per heavy atom. The monoisotopic (exact) mass is 893 g/mol. The van der Waals surface area contributed by atoms with Crippen LogP contribution in [-0.4, -0.2) is 0 Å². The van der Waals surface area contributed by atoms with Gasteiger partial charge in [-0.3, -0.25) is 0 Å². The van der Waals surface area contributed by atoms with Gasteiger partial charge in [0.25, 0.3) is 0 Å². The molecule has 0 unspecified atom stereocenters. The third kappa shape index (κ3) is 5.80.